The first-order valence-electron chi connectivity index (χ1n) is 6.73. The molecule has 1 saturated carbocycles. The lowest BCUT2D eigenvalue weighted by molar-refractivity contribution is 0.247. The first kappa shape index (κ1) is 12.7. The highest BCUT2D eigenvalue weighted by Crippen LogP contribution is 2.49. The molecule has 0 spiro atoms. The molecule has 1 heterocycles. The van der Waals surface area contributed by atoms with Gasteiger partial charge in [0.25, 0.3) is 0 Å². The number of rotatable bonds is 2. The highest BCUT2D eigenvalue weighted by atomic mass is 35.5. The molecule has 0 saturated heterocycles. The van der Waals surface area contributed by atoms with Gasteiger partial charge in [0.1, 0.15) is 17.4 Å². The maximum absolute atomic E-state index is 10.8. The Morgan fingerprint density at radius 1 is 1.42 bits per heavy atom. The van der Waals surface area contributed by atoms with Crippen LogP contribution in [-0.2, 0) is 16.8 Å². The summed E-state index contributed by atoms with van der Waals surface area (Å²) in [5.41, 5.74) is 1.63. The monoisotopic (exact) mass is 277 g/mol. The molecule has 100 valence electrons. The van der Waals surface area contributed by atoms with Crippen molar-refractivity contribution in [1.82, 2.24) is 0 Å². The molecule has 0 radical (unpaired) electrons. The second-order valence-electron chi connectivity index (χ2n) is 5.52. The molecule has 3 nitrogen and oxygen atoms in total. The number of nitrogens with zero attached hydrogens (tertiary/aromatic N) is 1. The van der Waals surface area contributed by atoms with E-state index in [1.807, 2.05) is 19.1 Å². The minimum atomic E-state index is -0.471. The van der Waals surface area contributed by atoms with Gasteiger partial charge in [-0.1, -0.05) is 24.4 Å². The predicted octanol–water partition coefficient (Wildman–Crippen LogP) is 3.77. The minimum absolute atomic E-state index is 0.158. The molecule has 0 bridgehead atoms. The largest absolute Gasteiger partial charge is 0.490 e. The van der Waals surface area contributed by atoms with Crippen molar-refractivity contribution >= 4 is 17.7 Å². The van der Waals surface area contributed by atoms with E-state index >= 15 is 0 Å². The van der Waals surface area contributed by atoms with E-state index in [1.54, 1.807) is 6.08 Å². The van der Waals surface area contributed by atoms with E-state index in [1.165, 1.54) is 0 Å². The standard InChI is InChI=1S/C15H16ClNO2/c1-10-6-11-7-12(16)8-13(14(11)19-10)15(17-9-18)4-2-3-5-15/h7-8,10H,2-6H2,1H3. The van der Waals surface area contributed by atoms with E-state index in [4.69, 9.17) is 16.3 Å². The number of benzene rings is 1. The van der Waals surface area contributed by atoms with Gasteiger partial charge in [-0.2, -0.15) is 4.99 Å². The van der Waals surface area contributed by atoms with Crippen molar-refractivity contribution in [2.24, 2.45) is 4.99 Å². The van der Waals surface area contributed by atoms with Crippen molar-refractivity contribution in [2.75, 3.05) is 0 Å². The Kier molecular flexibility index (Phi) is 3.12. The number of isocyanates is 1. The highest BCUT2D eigenvalue weighted by molar-refractivity contribution is 6.30. The fourth-order valence-electron chi connectivity index (χ4n) is 3.33. The number of hydrogen-bond acceptors (Lipinski definition) is 3. The van der Waals surface area contributed by atoms with Crippen LogP contribution in [0.1, 0.15) is 43.7 Å². The van der Waals surface area contributed by atoms with Crippen molar-refractivity contribution in [2.45, 2.75) is 50.7 Å². The molecule has 4 heteroatoms. The van der Waals surface area contributed by atoms with E-state index in [0.29, 0.717) is 5.02 Å². The minimum Gasteiger partial charge on any atom is -0.490 e. The number of carbonyl (C=O) groups excluding carboxylic acids is 1. The van der Waals surface area contributed by atoms with Crippen molar-refractivity contribution in [3.8, 4) is 5.75 Å². The smallest absolute Gasteiger partial charge is 0.235 e. The lowest BCUT2D eigenvalue weighted by Gasteiger charge is -2.25. The third-order valence-electron chi connectivity index (χ3n) is 4.15. The molecule has 1 aromatic rings. The Hall–Kier alpha value is -1.31. The lowest BCUT2D eigenvalue weighted by Crippen LogP contribution is -2.20. The Labute approximate surface area is 117 Å². The van der Waals surface area contributed by atoms with Crippen LogP contribution in [0.5, 0.6) is 5.75 Å². The fraction of sp³-hybridized carbons (Fsp3) is 0.533. The van der Waals surface area contributed by atoms with Crippen LogP contribution in [0.15, 0.2) is 17.1 Å². The molecule has 2 aliphatic rings. The molecule has 3 rings (SSSR count). The topological polar surface area (TPSA) is 38.7 Å². The summed E-state index contributed by atoms with van der Waals surface area (Å²) in [7, 11) is 0. The SMILES string of the molecule is CC1Cc2cc(Cl)cc(C3(N=C=O)CCCC3)c2O1. The summed E-state index contributed by atoms with van der Waals surface area (Å²) in [6.07, 6.45) is 6.65. The number of hydrogen-bond donors (Lipinski definition) is 0. The van der Waals surface area contributed by atoms with E-state index in [2.05, 4.69) is 4.99 Å². The normalized spacial score (nSPS) is 23.6. The van der Waals surface area contributed by atoms with Gasteiger partial charge < -0.3 is 4.74 Å². The van der Waals surface area contributed by atoms with Gasteiger partial charge in [0.2, 0.25) is 6.08 Å². The summed E-state index contributed by atoms with van der Waals surface area (Å²) in [4.78, 5) is 14.9. The maximum Gasteiger partial charge on any atom is 0.235 e. The Bertz CT molecular complexity index is 558. The van der Waals surface area contributed by atoms with Crippen LogP contribution >= 0.6 is 11.6 Å². The lowest BCUT2D eigenvalue weighted by atomic mass is 9.87. The van der Waals surface area contributed by atoms with E-state index in [0.717, 1.165) is 49.0 Å². The molecule has 0 N–H and O–H groups in total. The van der Waals surface area contributed by atoms with Crippen LogP contribution < -0.4 is 4.74 Å². The zero-order chi connectivity index (χ0) is 13.5. The van der Waals surface area contributed by atoms with Crippen LogP contribution in [-0.4, -0.2) is 12.2 Å². The molecular formula is C15H16ClNO2. The van der Waals surface area contributed by atoms with Crippen molar-refractivity contribution < 1.29 is 9.53 Å². The summed E-state index contributed by atoms with van der Waals surface area (Å²) in [5.74, 6) is 0.887. The number of fused-ring (bicyclic) bond motifs is 1. The molecule has 19 heavy (non-hydrogen) atoms. The van der Waals surface area contributed by atoms with E-state index in [9.17, 15) is 4.79 Å². The second kappa shape index (κ2) is 4.66. The van der Waals surface area contributed by atoms with Gasteiger partial charge in [-0.15, -0.1) is 0 Å². The summed E-state index contributed by atoms with van der Waals surface area (Å²) in [6, 6.07) is 3.86. The maximum atomic E-state index is 10.8. The molecule has 1 aliphatic carbocycles. The Morgan fingerprint density at radius 2 is 2.16 bits per heavy atom. The average Bonchev–Trinajstić information content (AvgIpc) is 2.95. The molecule has 1 atom stereocenters. The molecule has 1 aromatic carbocycles. The van der Waals surface area contributed by atoms with Crippen molar-refractivity contribution in [1.29, 1.82) is 0 Å². The highest BCUT2D eigenvalue weighted by Gasteiger charge is 2.40. The van der Waals surface area contributed by atoms with Crippen molar-refractivity contribution in [3.05, 3.63) is 28.3 Å². The first-order valence-corrected chi connectivity index (χ1v) is 7.11. The molecule has 1 fully saturated rings. The quantitative estimate of drug-likeness (QED) is 0.610. The number of aliphatic imine (C=N–C) groups is 1. The summed E-state index contributed by atoms with van der Waals surface area (Å²) < 4.78 is 5.93. The van der Waals surface area contributed by atoms with Crippen LogP contribution in [0.4, 0.5) is 0 Å². The first-order chi connectivity index (χ1) is 9.14. The fourth-order valence-corrected chi connectivity index (χ4v) is 3.57. The van der Waals surface area contributed by atoms with Crippen LogP contribution in [0.2, 0.25) is 5.02 Å². The third kappa shape index (κ3) is 2.07. The molecule has 1 aliphatic heterocycles. The Balaban J connectivity index is 2.17. The van der Waals surface area contributed by atoms with Gasteiger partial charge in [0.05, 0.1) is 0 Å². The van der Waals surface area contributed by atoms with Crippen LogP contribution in [0.25, 0.3) is 0 Å². The van der Waals surface area contributed by atoms with E-state index in [-0.39, 0.29) is 6.10 Å². The van der Waals surface area contributed by atoms with Gasteiger partial charge in [0, 0.05) is 17.0 Å². The molecule has 1 unspecified atom stereocenters. The summed E-state index contributed by atoms with van der Waals surface area (Å²) in [5, 5.41) is 0.693. The molecule has 0 amide bonds. The van der Waals surface area contributed by atoms with Gasteiger partial charge in [-0.25, -0.2) is 4.79 Å². The molecule has 0 aromatic heterocycles. The Morgan fingerprint density at radius 3 is 2.84 bits per heavy atom. The van der Waals surface area contributed by atoms with Gasteiger partial charge in [0.15, 0.2) is 0 Å². The van der Waals surface area contributed by atoms with Crippen LogP contribution in [0, 0.1) is 0 Å². The van der Waals surface area contributed by atoms with E-state index < -0.39 is 5.54 Å². The average molecular weight is 278 g/mol. The summed E-state index contributed by atoms with van der Waals surface area (Å²) in [6.45, 7) is 2.04. The second-order valence-corrected chi connectivity index (χ2v) is 5.95. The third-order valence-corrected chi connectivity index (χ3v) is 4.37. The van der Waals surface area contributed by atoms with Crippen LogP contribution in [0.3, 0.4) is 0 Å². The number of ether oxygens (including phenoxy) is 1. The van der Waals surface area contributed by atoms with Crippen molar-refractivity contribution in [3.63, 3.8) is 0 Å². The zero-order valence-corrected chi connectivity index (χ0v) is 11.7. The van der Waals surface area contributed by atoms with Gasteiger partial charge in [-0.05, 0) is 37.5 Å². The van der Waals surface area contributed by atoms with Gasteiger partial charge in [-0.3, -0.25) is 0 Å². The number of halogens is 1. The zero-order valence-electron chi connectivity index (χ0n) is 10.9. The molecular weight excluding hydrogens is 262 g/mol. The summed E-state index contributed by atoms with van der Waals surface area (Å²) >= 11 is 6.22. The predicted molar refractivity (Wildman–Crippen MR) is 73.5 cm³/mol. The van der Waals surface area contributed by atoms with Gasteiger partial charge >= 0.3 is 0 Å².